The predicted octanol–water partition coefficient (Wildman–Crippen LogP) is 1.59. The molecule has 4 heteroatoms. The molecule has 0 aromatic carbocycles. The maximum absolute atomic E-state index is 5.60. The van der Waals surface area contributed by atoms with Gasteiger partial charge in [0.2, 0.25) is 0 Å². The first-order chi connectivity index (χ1) is 7.86. The zero-order valence-electron chi connectivity index (χ0n) is 10.4. The van der Waals surface area contributed by atoms with Crippen LogP contribution in [0, 0.1) is 0 Å². The highest BCUT2D eigenvalue weighted by Crippen LogP contribution is 2.18. The lowest BCUT2D eigenvalue weighted by Gasteiger charge is -2.17. The minimum absolute atomic E-state index is 0.407. The van der Waals surface area contributed by atoms with Crippen LogP contribution in [0.15, 0.2) is 0 Å². The molecule has 1 saturated heterocycles. The molecule has 0 aliphatic carbocycles. The Kier molecular flexibility index (Phi) is 7.76. The van der Waals surface area contributed by atoms with Crippen LogP contribution in [0.2, 0.25) is 0 Å². The monoisotopic (exact) mass is 230 g/mol. The molecule has 1 aliphatic rings. The van der Waals surface area contributed by atoms with Crippen molar-refractivity contribution in [2.24, 2.45) is 5.84 Å². The van der Waals surface area contributed by atoms with Gasteiger partial charge < -0.3 is 9.47 Å². The van der Waals surface area contributed by atoms with Crippen LogP contribution < -0.4 is 11.3 Å². The van der Waals surface area contributed by atoms with Crippen molar-refractivity contribution >= 4 is 0 Å². The van der Waals surface area contributed by atoms with Gasteiger partial charge in [0, 0.05) is 25.9 Å². The minimum atomic E-state index is 0.407. The van der Waals surface area contributed by atoms with Crippen molar-refractivity contribution in [2.75, 3.05) is 19.8 Å². The number of hydrazine groups is 1. The van der Waals surface area contributed by atoms with Crippen LogP contribution in [0.5, 0.6) is 0 Å². The van der Waals surface area contributed by atoms with Crippen LogP contribution in [0.25, 0.3) is 0 Å². The number of nitrogens with two attached hydrogens (primary N) is 1. The highest BCUT2D eigenvalue weighted by Gasteiger charge is 2.17. The fourth-order valence-corrected chi connectivity index (χ4v) is 2.15. The summed E-state index contributed by atoms with van der Waals surface area (Å²) in [5, 5.41) is 0. The number of hydrogen-bond acceptors (Lipinski definition) is 4. The molecule has 0 bridgehead atoms. The van der Waals surface area contributed by atoms with Crippen molar-refractivity contribution in [2.45, 2.75) is 57.6 Å². The standard InChI is InChI=1S/C12H26N2O2/c1-2-15-9-3-5-11(14-13)7-8-12-6-4-10-16-12/h11-12,14H,2-10,13H2,1H3. The molecule has 0 saturated carbocycles. The van der Waals surface area contributed by atoms with E-state index in [2.05, 4.69) is 5.43 Å². The van der Waals surface area contributed by atoms with E-state index in [1.165, 1.54) is 12.8 Å². The van der Waals surface area contributed by atoms with Crippen molar-refractivity contribution in [1.29, 1.82) is 0 Å². The quantitative estimate of drug-likeness (QED) is 0.359. The van der Waals surface area contributed by atoms with Gasteiger partial charge in [-0.25, -0.2) is 0 Å². The first-order valence-electron chi connectivity index (χ1n) is 6.52. The highest BCUT2D eigenvalue weighted by atomic mass is 16.5. The molecule has 1 heterocycles. The number of ether oxygens (including phenoxy) is 2. The highest BCUT2D eigenvalue weighted by molar-refractivity contribution is 4.70. The molecule has 1 rings (SSSR count). The molecule has 2 atom stereocenters. The summed E-state index contributed by atoms with van der Waals surface area (Å²) in [6.07, 6.45) is 7.31. The third-order valence-electron chi connectivity index (χ3n) is 3.14. The van der Waals surface area contributed by atoms with E-state index in [-0.39, 0.29) is 0 Å². The second-order valence-corrected chi connectivity index (χ2v) is 4.42. The molecular weight excluding hydrogens is 204 g/mol. The second kappa shape index (κ2) is 8.93. The van der Waals surface area contributed by atoms with Crippen molar-refractivity contribution in [3.05, 3.63) is 0 Å². The summed E-state index contributed by atoms with van der Waals surface area (Å²) in [7, 11) is 0. The molecular formula is C12H26N2O2. The fourth-order valence-electron chi connectivity index (χ4n) is 2.15. The molecule has 0 radical (unpaired) electrons. The summed E-state index contributed by atoms with van der Waals surface area (Å²) in [6, 6.07) is 0.407. The molecule has 4 nitrogen and oxygen atoms in total. The van der Waals surface area contributed by atoms with Gasteiger partial charge in [0.05, 0.1) is 6.10 Å². The van der Waals surface area contributed by atoms with Crippen LogP contribution in [0.3, 0.4) is 0 Å². The third-order valence-corrected chi connectivity index (χ3v) is 3.14. The van der Waals surface area contributed by atoms with E-state index in [4.69, 9.17) is 15.3 Å². The average molecular weight is 230 g/mol. The van der Waals surface area contributed by atoms with Gasteiger partial charge in [0.1, 0.15) is 0 Å². The Morgan fingerprint density at radius 1 is 1.50 bits per heavy atom. The maximum Gasteiger partial charge on any atom is 0.0576 e. The van der Waals surface area contributed by atoms with Crippen molar-refractivity contribution in [1.82, 2.24) is 5.43 Å². The molecule has 16 heavy (non-hydrogen) atoms. The van der Waals surface area contributed by atoms with E-state index in [0.717, 1.165) is 45.5 Å². The van der Waals surface area contributed by atoms with E-state index in [1.54, 1.807) is 0 Å². The van der Waals surface area contributed by atoms with Gasteiger partial charge in [0.15, 0.2) is 0 Å². The molecule has 1 fully saturated rings. The second-order valence-electron chi connectivity index (χ2n) is 4.42. The first-order valence-corrected chi connectivity index (χ1v) is 6.52. The van der Waals surface area contributed by atoms with E-state index in [1.807, 2.05) is 6.92 Å². The van der Waals surface area contributed by atoms with Gasteiger partial charge in [-0.2, -0.15) is 0 Å². The van der Waals surface area contributed by atoms with Gasteiger partial charge in [-0.1, -0.05) is 0 Å². The van der Waals surface area contributed by atoms with Gasteiger partial charge in [0.25, 0.3) is 0 Å². The topological polar surface area (TPSA) is 56.5 Å². The van der Waals surface area contributed by atoms with Crippen LogP contribution >= 0.6 is 0 Å². The summed E-state index contributed by atoms with van der Waals surface area (Å²) < 4.78 is 10.9. The number of rotatable bonds is 9. The average Bonchev–Trinajstić information content (AvgIpc) is 2.81. The summed E-state index contributed by atoms with van der Waals surface area (Å²) >= 11 is 0. The van der Waals surface area contributed by atoms with E-state index >= 15 is 0 Å². The van der Waals surface area contributed by atoms with Gasteiger partial charge in [-0.05, 0) is 45.4 Å². The minimum Gasteiger partial charge on any atom is -0.382 e. The Labute approximate surface area is 98.8 Å². The smallest absolute Gasteiger partial charge is 0.0576 e. The normalized spacial score (nSPS) is 22.5. The number of nitrogens with one attached hydrogen (secondary N) is 1. The lowest BCUT2D eigenvalue weighted by molar-refractivity contribution is 0.0981. The first kappa shape index (κ1) is 13.9. The Morgan fingerprint density at radius 2 is 2.38 bits per heavy atom. The van der Waals surface area contributed by atoms with Crippen LogP contribution in [-0.2, 0) is 9.47 Å². The van der Waals surface area contributed by atoms with Crippen molar-refractivity contribution < 1.29 is 9.47 Å². The lowest BCUT2D eigenvalue weighted by Crippen LogP contribution is -2.35. The molecule has 3 N–H and O–H groups in total. The zero-order chi connectivity index (χ0) is 11.6. The molecule has 2 unspecified atom stereocenters. The van der Waals surface area contributed by atoms with Gasteiger partial charge in [-0.3, -0.25) is 11.3 Å². The lowest BCUT2D eigenvalue weighted by atomic mass is 10.0. The molecule has 1 aliphatic heterocycles. The molecule has 0 amide bonds. The SMILES string of the molecule is CCOCCCC(CCC1CCCO1)NN. The molecule has 0 spiro atoms. The maximum atomic E-state index is 5.60. The Bertz CT molecular complexity index is 161. The van der Waals surface area contributed by atoms with E-state index < -0.39 is 0 Å². The van der Waals surface area contributed by atoms with Crippen LogP contribution in [0.4, 0.5) is 0 Å². The molecule has 0 aromatic heterocycles. The Morgan fingerprint density at radius 3 is 3.00 bits per heavy atom. The summed E-state index contributed by atoms with van der Waals surface area (Å²) in [6.45, 7) is 4.61. The molecule has 96 valence electrons. The van der Waals surface area contributed by atoms with E-state index in [0.29, 0.717) is 12.1 Å². The van der Waals surface area contributed by atoms with Crippen molar-refractivity contribution in [3.63, 3.8) is 0 Å². The Hall–Kier alpha value is -0.160. The van der Waals surface area contributed by atoms with Gasteiger partial charge in [-0.15, -0.1) is 0 Å². The summed E-state index contributed by atoms with van der Waals surface area (Å²) in [5.74, 6) is 5.54. The van der Waals surface area contributed by atoms with E-state index in [9.17, 15) is 0 Å². The fraction of sp³-hybridized carbons (Fsp3) is 1.00. The Balaban J connectivity index is 2.01. The van der Waals surface area contributed by atoms with Crippen LogP contribution in [0.1, 0.15) is 45.4 Å². The molecule has 0 aromatic rings. The number of hydrogen-bond donors (Lipinski definition) is 2. The summed E-state index contributed by atoms with van der Waals surface area (Å²) in [5.41, 5.74) is 2.89. The predicted molar refractivity (Wildman–Crippen MR) is 65.0 cm³/mol. The zero-order valence-corrected chi connectivity index (χ0v) is 10.4. The van der Waals surface area contributed by atoms with Crippen LogP contribution in [-0.4, -0.2) is 32.0 Å². The van der Waals surface area contributed by atoms with Crippen molar-refractivity contribution in [3.8, 4) is 0 Å². The largest absolute Gasteiger partial charge is 0.382 e. The third kappa shape index (κ3) is 5.80. The van der Waals surface area contributed by atoms with Gasteiger partial charge >= 0.3 is 0 Å². The summed E-state index contributed by atoms with van der Waals surface area (Å²) in [4.78, 5) is 0.